The highest BCUT2D eigenvalue weighted by molar-refractivity contribution is 5.90. The van der Waals surface area contributed by atoms with Gasteiger partial charge in [-0.1, -0.05) is 0 Å². The van der Waals surface area contributed by atoms with Gasteiger partial charge in [0.05, 0.1) is 6.04 Å². The number of likely N-dealkylation sites (tertiary alicyclic amines) is 2. The van der Waals surface area contributed by atoms with E-state index in [4.69, 9.17) is 4.74 Å². The van der Waals surface area contributed by atoms with E-state index in [1.54, 1.807) is 29.8 Å². The van der Waals surface area contributed by atoms with Gasteiger partial charge in [0.2, 0.25) is 5.88 Å². The molecular weight excluding hydrogens is 431 g/mol. The second-order valence-corrected chi connectivity index (χ2v) is 7.57. The SMILES string of the molecule is Cc1nccc(O[C@@H]2C(=O)N(C)[C@@H]3CN(C(=O)Nc4ccc(OC(F)(F)F)cc4)C[C@H]23)n1. The number of nitrogens with one attached hydrogen (secondary N) is 1. The molecule has 3 amide bonds. The number of anilines is 1. The summed E-state index contributed by atoms with van der Waals surface area (Å²) in [7, 11) is 1.66. The van der Waals surface area contributed by atoms with Crippen LogP contribution in [0.1, 0.15) is 5.82 Å². The summed E-state index contributed by atoms with van der Waals surface area (Å²) < 4.78 is 46.5. The third-order valence-corrected chi connectivity index (χ3v) is 5.43. The second-order valence-electron chi connectivity index (χ2n) is 7.57. The molecule has 3 heterocycles. The Bertz CT molecular complexity index is 1020. The summed E-state index contributed by atoms with van der Waals surface area (Å²) in [6.45, 7) is 2.29. The maximum absolute atomic E-state index is 12.7. The van der Waals surface area contributed by atoms with Crippen LogP contribution < -0.4 is 14.8 Å². The summed E-state index contributed by atoms with van der Waals surface area (Å²) in [5.74, 6) is -0.0233. The fourth-order valence-corrected chi connectivity index (χ4v) is 3.94. The highest BCUT2D eigenvalue weighted by atomic mass is 19.4. The van der Waals surface area contributed by atoms with E-state index in [2.05, 4.69) is 20.0 Å². The Morgan fingerprint density at radius 3 is 2.56 bits per heavy atom. The number of aryl methyl sites for hydroxylation is 1. The van der Waals surface area contributed by atoms with Gasteiger partial charge in [-0.15, -0.1) is 13.2 Å². The minimum atomic E-state index is -4.79. The zero-order chi connectivity index (χ0) is 23.0. The number of ether oxygens (including phenoxy) is 2. The topological polar surface area (TPSA) is 96.9 Å². The third-order valence-electron chi connectivity index (χ3n) is 5.43. The van der Waals surface area contributed by atoms with Crippen LogP contribution in [0.25, 0.3) is 0 Å². The molecule has 0 unspecified atom stereocenters. The first-order valence-electron chi connectivity index (χ1n) is 9.75. The van der Waals surface area contributed by atoms with Gasteiger partial charge in [-0.3, -0.25) is 4.79 Å². The lowest BCUT2D eigenvalue weighted by molar-refractivity contribution is -0.274. The molecule has 9 nitrogen and oxygen atoms in total. The molecule has 1 N–H and O–H groups in total. The number of halogens is 3. The number of nitrogens with zero attached hydrogens (tertiary/aromatic N) is 4. The van der Waals surface area contributed by atoms with Crippen molar-refractivity contribution in [3.05, 3.63) is 42.4 Å². The van der Waals surface area contributed by atoms with Gasteiger partial charge in [-0.05, 0) is 31.2 Å². The predicted octanol–water partition coefficient (Wildman–Crippen LogP) is 2.44. The Morgan fingerprint density at radius 1 is 1.19 bits per heavy atom. The van der Waals surface area contributed by atoms with Crippen molar-refractivity contribution in [2.75, 3.05) is 25.5 Å². The minimum absolute atomic E-state index is 0.184. The van der Waals surface area contributed by atoms with Crippen LogP contribution in [-0.4, -0.2) is 70.4 Å². The highest BCUT2D eigenvalue weighted by Crippen LogP contribution is 2.34. The smallest absolute Gasteiger partial charge is 0.464 e. The average Bonchev–Trinajstić information content (AvgIpc) is 3.24. The number of hydrogen-bond donors (Lipinski definition) is 1. The van der Waals surface area contributed by atoms with Crippen molar-refractivity contribution in [3.63, 3.8) is 0 Å². The van der Waals surface area contributed by atoms with Crippen molar-refractivity contribution in [2.45, 2.75) is 25.4 Å². The molecule has 1 aromatic heterocycles. The first-order chi connectivity index (χ1) is 15.1. The number of urea groups is 1. The van der Waals surface area contributed by atoms with Crippen molar-refractivity contribution < 1.29 is 32.2 Å². The zero-order valence-corrected chi connectivity index (χ0v) is 17.2. The highest BCUT2D eigenvalue weighted by Gasteiger charge is 2.53. The molecule has 0 aliphatic carbocycles. The molecule has 3 atom stereocenters. The van der Waals surface area contributed by atoms with Gasteiger partial charge in [0.15, 0.2) is 6.10 Å². The van der Waals surface area contributed by atoms with Gasteiger partial charge in [-0.2, -0.15) is 4.98 Å². The van der Waals surface area contributed by atoms with Crippen molar-refractivity contribution >= 4 is 17.6 Å². The summed E-state index contributed by atoms with van der Waals surface area (Å²) in [5, 5.41) is 2.65. The van der Waals surface area contributed by atoms with Crippen LogP contribution in [0.3, 0.4) is 0 Å². The standard InChI is InChI=1S/C20H20F3N5O4/c1-11-24-8-7-16(25-11)31-17-14-9-28(10-15(14)27(2)18(17)29)19(30)26-12-3-5-13(6-4-12)32-20(21,22)23/h3-8,14-15,17H,9-10H2,1-2H3,(H,26,30)/t14-,15+,17-/m0/s1. The normalized spacial score (nSPS) is 22.7. The molecule has 0 bridgehead atoms. The largest absolute Gasteiger partial charge is 0.573 e. The fraction of sp³-hybridized carbons (Fsp3) is 0.400. The number of rotatable bonds is 4. The molecule has 2 fully saturated rings. The quantitative estimate of drug-likeness (QED) is 0.767. The molecule has 1 aromatic carbocycles. The monoisotopic (exact) mass is 451 g/mol. The van der Waals surface area contributed by atoms with Crippen LogP contribution in [0.2, 0.25) is 0 Å². The van der Waals surface area contributed by atoms with Crippen molar-refractivity contribution in [1.29, 1.82) is 0 Å². The van der Waals surface area contributed by atoms with Gasteiger partial charge in [0.1, 0.15) is 11.6 Å². The molecule has 4 rings (SSSR count). The van der Waals surface area contributed by atoms with Crippen LogP contribution in [0, 0.1) is 12.8 Å². The lowest BCUT2D eigenvalue weighted by Crippen LogP contribution is -2.41. The van der Waals surface area contributed by atoms with E-state index in [1.165, 1.54) is 18.3 Å². The number of carbonyl (C=O) groups excluding carboxylic acids is 2. The summed E-state index contributed by atoms with van der Waals surface area (Å²) in [5.41, 5.74) is 0.315. The van der Waals surface area contributed by atoms with Crippen LogP contribution in [0.4, 0.5) is 23.7 Å². The first kappa shape index (κ1) is 21.7. The summed E-state index contributed by atoms with van der Waals surface area (Å²) in [6, 6.07) is 5.78. The maximum atomic E-state index is 12.7. The third kappa shape index (κ3) is 4.53. The van der Waals surface area contributed by atoms with Crippen molar-refractivity contribution in [2.24, 2.45) is 5.92 Å². The Hall–Kier alpha value is -3.57. The summed E-state index contributed by atoms with van der Waals surface area (Å²) in [4.78, 5) is 36.6. The molecule has 170 valence electrons. The zero-order valence-electron chi connectivity index (χ0n) is 17.2. The van der Waals surface area contributed by atoms with E-state index >= 15 is 0 Å². The number of carbonyl (C=O) groups is 2. The Morgan fingerprint density at radius 2 is 1.91 bits per heavy atom. The summed E-state index contributed by atoms with van der Waals surface area (Å²) in [6.07, 6.45) is -4.03. The molecule has 2 aliphatic heterocycles. The molecule has 0 radical (unpaired) electrons. The maximum Gasteiger partial charge on any atom is 0.573 e. The number of amides is 3. The van der Waals surface area contributed by atoms with E-state index in [1.807, 2.05) is 0 Å². The Balaban J connectivity index is 1.40. The number of aromatic nitrogens is 2. The fourth-order valence-electron chi connectivity index (χ4n) is 3.94. The van der Waals surface area contributed by atoms with Gasteiger partial charge in [-0.25, -0.2) is 9.78 Å². The number of hydrogen-bond acceptors (Lipinski definition) is 6. The Labute approximate surface area is 181 Å². The molecule has 12 heteroatoms. The molecule has 0 spiro atoms. The van der Waals surface area contributed by atoms with Crippen LogP contribution in [0.5, 0.6) is 11.6 Å². The van der Waals surface area contributed by atoms with Crippen LogP contribution in [-0.2, 0) is 4.79 Å². The molecule has 2 saturated heterocycles. The summed E-state index contributed by atoms with van der Waals surface area (Å²) >= 11 is 0. The van der Waals surface area contributed by atoms with Crippen molar-refractivity contribution in [1.82, 2.24) is 19.8 Å². The molecule has 32 heavy (non-hydrogen) atoms. The van der Waals surface area contributed by atoms with E-state index in [-0.39, 0.29) is 36.0 Å². The van der Waals surface area contributed by atoms with E-state index in [0.29, 0.717) is 18.1 Å². The molecule has 0 saturated carbocycles. The van der Waals surface area contributed by atoms with Crippen LogP contribution >= 0.6 is 0 Å². The number of likely N-dealkylation sites (N-methyl/N-ethyl adjacent to an activating group) is 1. The molecule has 2 aliphatic rings. The second kappa shape index (κ2) is 8.17. The number of fused-ring (bicyclic) bond motifs is 1. The van der Waals surface area contributed by atoms with Gasteiger partial charge >= 0.3 is 12.4 Å². The van der Waals surface area contributed by atoms with Gasteiger partial charge < -0.3 is 24.6 Å². The number of alkyl halides is 3. The van der Waals surface area contributed by atoms with E-state index in [9.17, 15) is 22.8 Å². The Kier molecular flexibility index (Phi) is 5.53. The first-order valence-corrected chi connectivity index (χ1v) is 9.75. The lowest BCUT2D eigenvalue weighted by atomic mass is 10.0. The van der Waals surface area contributed by atoms with Crippen molar-refractivity contribution in [3.8, 4) is 11.6 Å². The van der Waals surface area contributed by atoms with E-state index in [0.717, 1.165) is 12.1 Å². The molecular formula is C20H20F3N5O4. The van der Waals surface area contributed by atoms with Gasteiger partial charge in [0, 0.05) is 44.0 Å². The lowest BCUT2D eigenvalue weighted by Gasteiger charge is -2.22. The van der Waals surface area contributed by atoms with Gasteiger partial charge in [0.25, 0.3) is 5.91 Å². The molecule has 2 aromatic rings. The predicted molar refractivity (Wildman–Crippen MR) is 105 cm³/mol. The van der Waals surface area contributed by atoms with E-state index < -0.39 is 18.5 Å². The number of benzene rings is 1. The average molecular weight is 451 g/mol. The minimum Gasteiger partial charge on any atom is -0.464 e. The van der Waals surface area contributed by atoms with Crippen LogP contribution in [0.15, 0.2) is 36.5 Å².